The van der Waals surface area contributed by atoms with Gasteiger partial charge in [0.1, 0.15) is 5.75 Å². The van der Waals surface area contributed by atoms with Gasteiger partial charge in [-0.1, -0.05) is 30.3 Å². The van der Waals surface area contributed by atoms with E-state index in [1.165, 1.54) is 9.91 Å². The molecule has 7 heteroatoms. The summed E-state index contributed by atoms with van der Waals surface area (Å²) in [6.07, 6.45) is 0.894. The van der Waals surface area contributed by atoms with Crippen molar-refractivity contribution in [2.45, 2.75) is 25.4 Å². The second-order valence-corrected chi connectivity index (χ2v) is 6.17. The van der Waals surface area contributed by atoms with Crippen molar-refractivity contribution in [1.29, 1.82) is 0 Å². The second kappa shape index (κ2) is 6.25. The van der Waals surface area contributed by atoms with Gasteiger partial charge in [-0.25, -0.2) is 9.91 Å². The topological polar surface area (TPSA) is 74.6 Å². The SMILES string of the molecule is CCc1ccc(N2C(=O)[C@@H]3N=NN(c4cccc(OC)c4)[C@H]3C2=O)cc1. The molecule has 2 aromatic rings. The molecule has 0 saturated carbocycles. The predicted octanol–water partition coefficient (Wildman–Crippen LogP) is 2.76. The van der Waals surface area contributed by atoms with E-state index in [1.807, 2.05) is 12.1 Å². The fourth-order valence-electron chi connectivity index (χ4n) is 3.26. The van der Waals surface area contributed by atoms with Crippen molar-refractivity contribution >= 4 is 23.2 Å². The van der Waals surface area contributed by atoms with Gasteiger partial charge in [0, 0.05) is 6.07 Å². The van der Waals surface area contributed by atoms with Crippen molar-refractivity contribution < 1.29 is 14.3 Å². The number of ether oxygens (including phenoxy) is 1. The van der Waals surface area contributed by atoms with Crippen LogP contribution >= 0.6 is 0 Å². The smallest absolute Gasteiger partial charge is 0.263 e. The molecule has 0 spiro atoms. The van der Waals surface area contributed by atoms with Crippen LogP contribution < -0.4 is 14.6 Å². The number of hydrogen-bond donors (Lipinski definition) is 0. The van der Waals surface area contributed by atoms with Gasteiger partial charge >= 0.3 is 0 Å². The molecule has 2 aromatic carbocycles. The second-order valence-electron chi connectivity index (χ2n) is 6.17. The summed E-state index contributed by atoms with van der Waals surface area (Å²) in [6.45, 7) is 2.05. The third-order valence-electron chi connectivity index (χ3n) is 4.70. The Balaban J connectivity index is 1.66. The molecular formula is C19H18N4O3. The Morgan fingerprint density at radius 1 is 1.04 bits per heavy atom. The highest BCUT2D eigenvalue weighted by Gasteiger charge is 2.55. The molecule has 2 aliphatic heterocycles. The predicted molar refractivity (Wildman–Crippen MR) is 96.2 cm³/mol. The standard InChI is InChI=1S/C19H18N4O3/c1-3-12-7-9-13(10-8-12)22-18(24)16-17(19(22)25)23(21-20-16)14-5-4-6-15(11-14)26-2/h4-11,16-17H,3H2,1-2H3/t16-,17-/m1/s1. The Kier molecular flexibility index (Phi) is 3.91. The first-order valence-electron chi connectivity index (χ1n) is 8.45. The fourth-order valence-corrected chi connectivity index (χ4v) is 3.26. The van der Waals surface area contributed by atoms with Gasteiger partial charge < -0.3 is 4.74 Å². The van der Waals surface area contributed by atoms with Gasteiger partial charge in [-0.15, -0.1) is 0 Å². The van der Waals surface area contributed by atoms with Crippen LogP contribution in [0.4, 0.5) is 11.4 Å². The van der Waals surface area contributed by atoms with Crippen LogP contribution in [-0.2, 0) is 16.0 Å². The maximum atomic E-state index is 13.0. The minimum absolute atomic E-state index is 0.322. The molecule has 0 unspecified atom stereocenters. The Hall–Kier alpha value is -3.22. The van der Waals surface area contributed by atoms with Crippen LogP contribution in [0.2, 0.25) is 0 Å². The molecule has 0 N–H and O–H groups in total. The number of carbonyl (C=O) groups is 2. The molecule has 2 aliphatic rings. The number of nitrogens with zero attached hydrogens (tertiary/aromatic N) is 4. The van der Waals surface area contributed by atoms with E-state index in [-0.39, 0.29) is 11.8 Å². The number of rotatable bonds is 4. The van der Waals surface area contributed by atoms with Crippen LogP contribution in [-0.4, -0.2) is 31.0 Å². The van der Waals surface area contributed by atoms with Gasteiger partial charge in [-0.3, -0.25) is 9.59 Å². The van der Waals surface area contributed by atoms with Gasteiger partial charge in [0.05, 0.1) is 18.5 Å². The zero-order valence-corrected chi connectivity index (χ0v) is 14.5. The first kappa shape index (κ1) is 16.3. The Morgan fingerprint density at radius 2 is 1.81 bits per heavy atom. The highest BCUT2D eigenvalue weighted by Crippen LogP contribution is 2.35. The Bertz CT molecular complexity index is 894. The maximum absolute atomic E-state index is 13.0. The minimum atomic E-state index is -0.820. The van der Waals surface area contributed by atoms with E-state index in [0.29, 0.717) is 17.1 Å². The number of benzene rings is 2. The van der Waals surface area contributed by atoms with Crippen LogP contribution in [0.1, 0.15) is 12.5 Å². The van der Waals surface area contributed by atoms with Crippen molar-refractivity contribution in [2.75, 3.05) is 17.0 Å². The lowest BCUT2D eigenvalue weighted by atomic mass is 10.1. The lowest BCUT2D eigenvalue weighted by molar-refractivity contribution is -0.121. The molecule has 2 heterocycles. The van der Waals surface area contributed by atoms with Crippen molar-refractivity contribution in [1.82, 2.24) is 0 Å². The number of carbonyl (C=O) groups excluding carboxylic acids is 2. The van der Waals surface area contributed by atoms with Gasteiger partial charge in [0.15, 0.2) is 12.1 Å². The quantitative estimate of drug-likeness (QED) is 0.795. The number of fused-ring (bicyclic) bond motifs is 1. The van der Waals surface area contributed by atoms with Crippen molar-refractivity contribution in [3.63, 3.8) is 0 Å². The summed E-state index contributed by atoms with van der Waals surface area (Å²) in [5, 5.41) is 9.60. The summed E-state index contributed by atoms with van der Waals surface area (Å²) < 4.78 is 5.22. The van der Waals surface area contributed by atoms with Gasteiger partial charge in [0.25, 0.3) is 11.8 Å². The summed E-state index contributed by atoms with van der Waals surface area (Å²) in [5.41, 5.74) is 2.36. The van der Waals surface area contributed by atoms with Crippen LogP contribution in [0, 0.1) is 0 Å². The molecule has 1 saturated heterocycles. The molecule has 1 fully saturated rings. The maximum Gasteiger partial charge on any atom is 0.263 e. The summed E-state index contributed by atoms with van der Waals surface area (Å²) >= 11 is 0. The third kappa shape index (κ3) is 2.44. The fraction of sp³-hybridized carbons (Fsp3) is 0.263. The number of methoxy groups -OCH3 is 1. The van der Waals surface area contributed by atoms with Crippen LogP contribution in [0.25, 0.3) is 0 Å². The number of aryl methyl sites for hydroxylation is 1. The van der Waals surface area contributed by atoms with Crippen molar-refractivity contribution in [3.8, 4) is 5.75 Å². The lowest BCUT2D eigenvalue weighted by Gasteiger charge is -2.21. The number of imide groups is 1. The first-order valence-corrected chi connectivity index (χ1v) is 8.45. The average Bonchev–Trinajstić information content (AvgIpc) is 3.22. The van der Waals surface area contributed by atoms with Gasteiger partial charge in [-0.05, 0) is 36.2 Å². The summed E-state index contributed by atoms with van der Waals surface area (Å²) in [7, 11) is 1.57. The highest BCUT2D eigenvalue weighted by molar-refractivity contribution is 6.26. The molecule has 2 atom stereocenters. The molecule has 0 bridgehead atoms. The zero-order chi connectivity index (χ0) is 18.3. The number of hydrogen-bond acceptors (Lipinski definition) is 6. The molecule has 0 radical (unpaired) electrons. The minimum Gasteiger partial charge on any atom is -0.497 e. The molecule has 26 heavy (non-hydrogen) atoms. The molecule has 0 aliphatic carbocycles. The molecular weight excluding hydrogens is 332 g/mol. The molecule has 7 nitrogen and oxygen atoms in total. The van der Waals surface area contributed by atoms with Crippen LogP contribution in [0.5, 0.6) is 5.75 Å². The Morgan fingerprint density at radius 3 is 2.50 bits per heavy atom. The van der Waals surface area contributed by atoms with Crippen LogP contribution in [0.3, 0.4) is 0 Å². The van der Waals surface area contributed by atoms with E-state index in [4.69, 9.17) is 4.74 Å². The Labute approximate surface area is 150 Å². The van der Waals surface area contributed by atoms with E-state index in [9.17, 15) is 9.59 Å². The van der Waals surface area contributed by atoms with Crippen LogP contribution in [0.15, 0.2) is 58.9 Å². The van der Waals surface area contributed by atoms with E-state index in [2.05, 4.69) is 17.3 Å². The number of anilines is 2. The normalized spacial score (nSPS) is 21.5. The van der Waals surface area contributed by atoms with Gasteiger partial charge in [-0.2, -0.15) is 5.11 Å². The molecule has 0 aromatic heterocycles. The van der Waals surface area contributed by atoms with Crippen molar-refractivity contribution in [2.24, 2.45) is 10.3 Å². The average molecular weight is 350 g/mol. The summed E-state index contributed by atoms with van der Waals surface area (Å²) in [4.78, 5) is 27.0. The number of amides is 2. The van der Waals surface area contributed by atoms with Crippen molar-refractivity contribution in [3.05, 3.63) is 54.1 Å². The highest BCUT2D eigenvalue weighted by atomic mass is 16.5. The van der Waals surface area contributed by atoms with Gasteiger partial charge in [0.2, 0.25) is 0 Å². The molecule has 132 valence electrons. The monoisotopic (exact) mass is 350 g/mol. The molecule has 2 amide bonds. The van der Waals surface area contributed by atoms with E-state index < -0.39 is 12.1 Å². The largest absolute Gasteiger partial charge is 0.497 e. The lowest BCUT2D eigenvalue weighted by Crippen LogP contribution is -2.39. The zero-order valence-electron chi connectivity index (χ0n) is 14.5. The molecule has 4 rings (SSSR count). The van der Waals surface area contributed by atoms with E-state index in [1.54, 1.807) is 43.5 Å². The third-order valence-corrected chi connectivity index (χ3v) is 4.70. The first-order chi connectivity index (χ1) is 12.6. The van der Waals surface area contributed by atoms with E-state index >= 15 is 0 Å². The van der Waals surface area contributed by atoms with E-state index in [0.717, 1.165) is 12.0 Å². The summed E-state index contributed by atoms with van der Waals surface area (Å²) in [5.74, 6) is -0.0274. The summed E-state index contributed by atoms with van der Waals surface area (Å²) in [6, 6.07) is 13.0.